The molecule has 4 heteroatoms. The molecule has 0 spiro atoms. The van der Waals surface area contributed by atoms with Crippen LogP contribution in [0.1, 0.15) is 24.3 Å². The van der Waals surface area contributed by atoms with Crippen molar-refractivity contribution >= 4 is 11.0 Å². The summed E-state index contributed by atoms with van der Waals surface area (Å²) < 4.78 is 32.3. The highest BCUT2D eigenvalue weighted by Gasteiger charge is 2.12. The summed E-state index contributed by atoms with van der Waals surface area (Å²) in [6.07, 6.45) is 0. The maximum absolute atomic E-state index is 13.7. The van der Waals surface area contributed by atoms with Gasteiger partial charge in [-0.15, -0.1) is 0 Å². The van der Waals surface area contributed by atoms with Gasteiger partial charge in [-0.1, -0.05) is 24.3 Å². The Labute approximate surface area is 121 Å². The van der Waals surface area contributed by atoms with Crippen LogP contribution in [0.2, 0.25) is 0 Å². The number of nitrogens with one attached hydrogen (secondary N) is 1. The third-order valence-corrected chi connectivity index (χ3v) is 3.49. The van der Waals surface area contributed by atoms with E-state index in [4.69, 9.17) is 4.42 Å². The zero-order chi connectivity index (χ0) is 14.8. The number of hydrogen-bond acceptors (Lipinski definition) is 2. The lowest BCUT2D eigenvalue weighted by Crippen LogP contribution is -2.18. The van der Waals surface area contributed by atoms with Crippen LogP contribution in [0, 0.1) is 11.6 Å². The second kappa shape index (κ2) is 5.66. The second-order valence-corrected chi connectivity index (χ2v) is 5.02. The molecule has 3 aromatic rings. The highest BCUT2D eigenvalue weighted by atomic mass is 19.1. The average Bonchev–Trinajstić information content (AvgIpc) is 2.87. The van der Waals surface area contributed by atoms with E-state index in [2.05, 4.69) is 5.32 Å². The van der Waals surface area contributed by atoms with Gasteiger partial charge in [-0.3, -0.25) is 0 Å². The fourth-order valence-corrected chi connectivity index (χ4v) is 2.34. The Morgan fingerprint density at radius 3 is 2.67 bits per heavy atom. The highest BCUT2D eigenvalue weighted by molar-refractivity contribution is 5.77. The topological polar surface area (TPSA) is 25.2 Å². The lowest BCUT2D eigenvalue weighted by molar-refractivity contribution is 0.468. The number of hydrogen-bond donors (Lipinski definition) is 1. The van der Waals surface area contributed by atoms with Gasteiger partial charge in [0.05, 0.1) is 6.54 Å². The summed E-state index contributed by atoms with van der Waals surface area (Å²) in [6.45, 7) is 2.31. The third kappa shape index (κ3) is 2.95. The zero-order valence-corrected chi connectivity index (χ0v) is 11.6. The van der Waals surface area contributed by atoms with Gasteiger partial charge in [0.1, 0.15) is 23.0 Å². The minimum Gasteiger partial charge on any atom is -0.460 e. The Kier molecular flexibility index (Phi) is 3.71. The molecule has 1 unspecified atom stereocenters. The molecule has 1 atom stereocenters. The summed E-state index contributed by atoms with van der Waals surface area (Å²) in [5.74, 6) is -0.328. The molecule has 108 valence electrons. The lowest BCUT2D eigenvalue weighted by atomic mass is 10.1. The summed E-state index contributed by atoms with van der Waals surface area (Å²) >= 11 is 0. The molecule has 0 aliphatic rings. The molecule has 0 saturated heterocycles. The van der Waals surface area contributed by atoms with Gasteiger partial charge < -0.3 is 9.73 Å². The third-order valence-electron chi connectivity index (χ3n) is 3.49. The van der Waals surface area contributed by atoms with Crippen molar-refractivity contribution in [2.45, 2.75) is 19.5 Å². The molecule has 21 heavy (non-hydrogen) atoms. The van der Waals surface area contributed by atoms with Crippen LogP contribution < -0.4 is 5.32 Å². The van der Waals surface area contributed by atoms with Gasteiger partial charge in [0.15, 0.2) is 0 Å². The van der Waals surface area contributed by atoms with Gasteiger partial charge in [0.2, 0.25) is 0 Å². The van der Waals surface area contributed by atoms with Crippen LogP contribution in [0.5, 0.6) is 0 Å². The summed E-state index contributed by atoms with van der Waals surface area (Å²) in [5.41, 5.74) is 1.27. The Bertz CT molecular complexity index is 733. The molecular weight excluding hydrogens is 272 g/mol. The molecule has 0 amide bonds. The van der Waals surface area contributed by atoms with Gasteiger partial charge in [0, 0.05) is 23.1 Å². The van der Waals surface area contributed by atoms with Gasteiger partial charge in [-0.25, -0.2) is 8.78 Å². The smallest absolute Gasteiger partial charge is 0.134 e. The van der Waals surface area contributed by atoms with Crippen molar-refractivity contribution in [1.29, 1.82) is 0 Å². The van der Waals surface area contributed by atoms with Crippen LogP contribution in [-0.2, 0) is 6.54 Å². The predicted molar refractivity (Wildman–Crippen MR) is 77.8 cm³/mol. The van der Waals surface area contributed by atoms with Gasteiger partial charge in [0.25, 0.3) is 0 Å². The Morgan fingerprint density at radius 2 is 1.90 bits per heavy atom. The number of rotatable bonds is 4. The summed E-state index contributed by atoms with van der Waals surface area (Å²) in [4.78, 5) is 0. The molecule has 1 N–H and O–H groups in total. The molecule has 0 fully saturated rings. The number of benzene rings is 2. The van der Waals surface area contributed by atoms with E-state index >= 15 is 0 Å². The predicted octanol–water partition coefficient (Wildman–Crippen LogP) is 4.56. The Balaban J connectivity index is 1.71. The fraction of sp³-hybridized carbons (Fsp3) is 0.176. The van der Waals surface area contributed by atoms with E-state index in [1.807, 2.05) is 37.3 Å². The van der Waals surface area contributed by atoms with Crippen molar-refractivity contribution in [3.05, 3.63) is 71.5 Å². The van der Waals surface area contributed by atoms with E-state index in [9.17, 15) is 8.78 Å². The summed E-state index contributed by atoms with van der Waals surface area (Å²) in [5, 5.41) is 4.22. The van der Waals surface area contributed by atoms with Crippen molar-refractivity contribution in [1.82, 2.24) is 5.32 Å². The normalized spacial score (nSPS) is 12.7. The average molecular weight is 287 g/mol. The Morgan fingerprint density at radius 1 is 1.10 bits per heavy atom. The van der Waals surface area contributed by atoms with Gasteiger partial charge >= 0.3 is 0 Å². The van der Waals surface area contributed by atoms with Gasteiger partial charge in [-0.05, 0) is 25.1 Å². The molecule has 3 rings (SSSR count). The van der Waals surface area contributed by atoms with Gasteiger partial charge in [-0.2, -0.15) is 0 Å². The van der Waals surface area contributed by atoms with Crippen molar-refractivity contribution < 1.29 is 13.2 Å². The van der Waals surface area contributed by atoms with E-state index in [1.54, 1.807) is 0 Å². The molecule has 1 aromatic heterocycles. The quantitative estimate of drug-likeness (QED) is 0.761. The van der Waals surface area contributed by atoms with Crippen LogP contribution in [0.3, 0.4) is 0 Å². The molecule has 0 radical (unpaired) electrons. The first kappa shape index (κ1) is 13.8. The Hall–Kier alpha value is -2.20. The maximum Gasteiger partial charge on any atom is 0.134 e. The maximum atomic E-state index is 13.7. The highest BCUT2D eigenvalue weighted by Crippen LogP contribution is 2.21. The number of para-hydroxylation sites is 1. The molecule has 0 aliphatic carbocycles. The molecule has 0 bridgehead atoms. The minimum absolute atomic E-state index is 0.237. The minimum atomic E-state index is -0.569. The monoisotopic (exact) mass is 287 g/mol. The SMILES string of the molecule is CC(NCc1cc2ccccc2o1)c1ccc(F)cc1F. The molecule has 2 nitrogen and oxygen atoms in total. The van der Waals surface area contributed by atoms with E-state index in [0.29, 0.717) is 12.1 Å². The first-order valence-electron chi connectivity index (χ1n) is 6.79. The van der Waals surface area contributed by atoms with E-state index in [0.717, 1.165) is 22.8 Å². The van der Waals surface area contributed by atoms with E-state index < -0.39 is 11.6 Å². The lowest BCUT2D eigenvalue weighted by Gasteiger charge is -2.14. The van der Waals surface area contributed by atoms with E-state index in [1.165, 1.54) is 12.1 Å². The number of halogens is 2. The zero-order valence-electron chi connectivity index (χ0n) is 11.6. The first-order chi connectivity index (χ1) is 10.1. The first-order valence-corrected chi connectivity index (χ1v) is 6.79. The molecular formula is C17H15F2NO. The van der Waals surface area contributed by atoms with Crippen LogP contribution >= 0.6 is 0 Å². The largest absolute Gasteiger partial charge is 0.460 e. The molecule has 1 heterocycles. The van der Waals surface area contributed by atoms with Crippen LogP contribution in [0.25, 0.3) is 11.0 Å². The fourth-order valence-electron chi connectivity index (χ4n) is 2.34. The second-order valence-electron chi connectivity index (χ2n) is 5.02. The van der Waals surface area contributed by atoms with Crippen LogP contribution in [0.15, 0.2) is 52.9 Å². The summed E-state index contributed by atoms with van der Waals surface area (Å²) in [7, 11) is 0. The summed E-state index contributed by atoms with van der Waals surface area (Å²) in [6, 6.07) is 13.1. The van der Waals surface area contributed by atoms with Crippen molar-refractivity contribution in [2.24, 2.45) is 0 Å². The molecule has 2 aromatic carbocycles. The van der Waals surface area contributed by atoms with Crippen molar-refractivity contribution in [3.8, 4) is 0 Å². The standard InChI is InChI=1S/C17H15F2NO/c1-11(15-7-6-13(18)9-16(15)19)20-10-14-8-12-4-2-3-5-17(12)21-14/h2-9,11,20H,10H2,1H3. The van der Waals surface area contributed by atoms with Crippen molar-refractivity contribution in [2.75, 3.05) is 0 Å². The number of furan rings is 1. The van der Waals surface area contributed by atoms with Crippen molar-refractivity contribution in [3.63, 3.8) is 0 Å². The molecule has 0 aliphatic heterocycles. The van der Waals surface area contributed by atoms with E-state index in [-0.39, 0.29) is 6.04 Å². The number of fused-ring (bicyclic) bond motifs is 1. The van der Waals surface area contributed by atoms with Crippen LogP contribution in [-0.4, -0.2) is 0 Å². The molecule has 0 saturated carbocycles. The van der Waals surface area contributed by atoms with Crippen LogP contribution in [0.4, 0.5) is 8.78 Å².